The second-order valence-corrected chi connectivity index (χ2v) is 32.3. The molecule has 47 heavy (non-hydrogen) atoms. The number of hydrogen-bond acceptors (Lipinski definition) is 4. The van der Waals surface area contributed by atoms with E-state index in [0.29, 0.717) is 12.0 Å². The van der Waals surface area contributed by atoms with Crippen LogP contribution < -0.4 is 0 Å². The number of carbonyl (C=O) groups is 1. The van der Waals surface area contributed by atoms with Crippen LogP contribution in [0.3, 0.4) is 0 Å². The lowest BCUT2D eigenvalue weighted by Crippen LogP contribution is -2.52. The SMILES string of the molecule is CCC(=CC(C)=CC(C)=CC=CC(C)=C[C@H](O[Si](C)(C)C(C)(C)C)[C@H](C[C@@H](C)O[Si](C)(C)C(C)(C)C)O[Si](C)(C)C(C)(C)C)C(=O)O. The van der Waals surface area contributed by atoms with Crippen LogP contribution in [0.2, 0.25) is 54.4 Å². The molecule has 0 aromatic rings. The molecule has 0 bridgehead atoms. The Kier molecular flexibility index (Phi) is 17.1. The Bertz CT molecular complexity index is 1180. The molecule has 3 atom stereocenters. The second kappa shape index (κ2) is 17.6. The van der Waals surface area contributed by atoms with Gasteiger partial charge in [0.25, 0.3) is 0 Å². The van der Waals surface area contributed by atoms with Crippen LogP contribution in [0.15, 0.2) is 58.7 Å². The van der Waals surface area contributed by atoms with Crippen LogP contribution in [0.5, 0.6) is 0 Å². The minimum Gasteiger partial charge on any atom is -0.478 e. The lowest BCUT2D eigenvalue weighted by atomic mass is 10.0. The zero-order valence-electron chi connectivity index (χ0n) is 34.2. The first-order chi connectivity index (χ1) is 20.9. The minimum absolute atomic E-state index is 0.0319. The van der Waals surface area contributed by atoms with E-state index >= 15 is 0 Å². The molecule has 5 nitrogen and oxygen atoms in total. The molecule has 0 aromatic carbocycles. The van der Waals surface area contributed by atoms with E-state index in [1.807, 2.05) is 26.8 Å². The first-order valence-electron chi connectivity index (χ1n) is 17.6. The zero-order valence-corrected chi connectivity index (χ0v) is 37.2. The van der Waals surface area contributed by atoms with E-state index < -0.39 is 30.9 Å². The third kappa shape index (κ3) is 15.4. The fourth-order valence-electron chi connectivity index (χ4n) is 4.30. The molecule has 0 spiro atoms. The lowest BCUT2D eigenvalue weighted by Gasteiger charge is -2.46. The summed E-state index contributed by atoms with van der Waals surface area (Å²) < 4.78 is 21.4. The summed E-state index contributed by atoms with van der Waals surface area (Å²) in [6.07, 6.45) is 13.2. The van der Waals surface area contributed by atoms with Crippen molar-refractivity contribution in [1.29, 1.82) is 0 Å². The third-order valence-corrected chi connectivity index (χ3v) is 24.0. The molecular formula is C39H74O5Si3. The predicted octanol–water partition coefficient (Wildman–Crippen LogP) is 12.4. The van der Waals surface area contributed by atoms with Crippen LogP contribution in [-0.2, 0) is 18.1 Å². The number of rotatable bonds is 16. The Morgan fingerprint density at radius 1 is 0.702 bits per heavy atom. The van der Waals surface area contributed by atoms with Crippen molar-refractivity contribution in [2.75, 3.05) is 0 Å². The van der Waals surface area contributed by atoms with Gasteiger partial charge in [-0.15, -0.1) is 0 Å². The van der Waals surface area contributed by atoms with Crippen LogP contribution in [-0.4, -0.2) is 54.3 Å². The van der Waals surface area contributed by atoms with Crippen LogP contribution in [0.4, 0.5) is 0 Å². The molecular weight excluding hydrogens is 633 g/mol. The van der Waals surface area contributed by atoms with Gasteiger partial charge in [-0.3, -0.25) is 0 Å². The van der Waals surface area contributed by atoms with Gasteiger partial charge in [0.2, 0.25) is 0 Å². The maximum Gasteiger partial charge on any atom is 0.331 e. The molecule has 1 N–H and O–H groups in total. The fraction of sp³-hybridized carbons (Fsp3) is 0.718. The smallest absolute Gasteiger partial charge is 0.331 e. The van der Waals surface area contributed by atoms with Crippen molar-refractivity contribution in [1.82, 2.24) is 0 Å². The minimum atomic E-state index is -2.17. The molecule has 0 saturated carbocycles. The summed E-state index contributed by atoms with van der Waals surface area (Å²) in [7, 11) is -6.31. The van der Waals surface area contributed by atoms with Gasteiger partial charge in [0.1, 0.15) is 0 Å². The van der Waals surface area contributed by atoms with E-state index in [1.165, 1.54) is 0 Å². The Morgan fingerprint density at radius 2 is 1.15 bits per heavy atom. The summed E-state index contributed by atoms with van der Waals surface area (Å²) in [6.45, 7) is 44.7. The fourth-order valence-corrected chi connectivity index (χ4v) is 8.35. The van der Waals surface area contributed by atoms with Crippen LogP contribution in [0, 0.1) is 0 Å². The zero-order chi connectivity index (χ0) is 37.4. The Hall–Kier alpha value is -1.30. The van der Waals surface area contributed by atoms with Gasteiger partial charge in [-0.1, -0.05) is 116 Å². The summed E-state index contributed by atoms with van der Waals surface area (Å²) in [5.74, 6) is -0.867. The molecule has 0 aromatic heterocycles. The quantitative estimate of drug-likeness (QED) is 0.0983. The number of aliphatic carboxylic acids is 1. The van der Waals surface area contributed by atoms with Gasteiger partial charge in [0, 0.05) is 11.7 Å². The average molecular weight is 707 g/mol. The molecule has 0 heterocycles. The average Bonchev–Trinajstić information content (AvgIpc) is 2.83. The molecule has 0 radical (unpaired) electrons. The number of hydrogen-bond donors (Lipinski definition) is 1. The Labute approximate surface area is 294 Å². The predicted molar refractivity (Wildman–Crippen MR) is 213 cm³/mol. The summed E-state index contributed by atoms with van der Waals surface area (Å²) in [5.41, 5.74) is 3.49. The van der Waals surface area contributed by atoms with Crippen LogP contribution in [0.1, 0.15) is 110 Å². The highest BCUT2D eigenvalue weighted by molar-refractivity contribution is 6.75. The van der Waals surface area contributed by atoms with Gasteiger partial charge in [-0.05, 0) is 101 Å². The molecule has 0 amide bonds. The van der Waals surface area contributed by atoms with E-state index in [4.69, 9.17) is 13.3 Å². The molecule has 0 saturated heterocycles. The van der Waals surface area contributed by atoms with Crippen LogP contribution >= 0.6 is 0 Å². The summed E-state index contributed by atoms with van der Waals surface area (Å²) in [6, 6.07) is 0. The maximum absolute atomic E-state index is 11.4. The molecule has 0 unspecified atom stereocenters. The highest BCUT2D eigenvalue weighted by Crippen LogP contribution is 2.42. The highest BCUT2D eigenvalue weighted by Gasteiger charge is 2.45. The van der Waals surface area contributed by atoms with Crippen molar-refractivity contribution in [3.63, 3.8) is 0 Å². The maximum atomic E-state index is 11.4. The second-order valence-electron chi connectivity index (χ2n) is 18.1. The van der Waals surface area contributed by atoms with Gasteiger partial charge in [-0.2, -0.15) is 0 Å². The molecule has 272 valence electrons. The van der Waals surface area contributed by atoms with Crippen molar-refractivity contribution in [2.24, 2.45) is 0 Å². The molecule has 0 fully saturated rings. The monoisotopic (exact) mass is 706 g/mol. The Balaban J connectivity index is 6.85. The third-order valence-electron chi connectivity index (χ3n) is 10.4. The first kappa shape index (κ1) is 45.7. The van der Waals surface area contributed by atoms with Crippen LogP contribution in [0.25, 0.3) is 0 Å². The summed E-state index contributed by atoms with van der Waals surface area (Å²) >= 11 is 0. The molecule has 8 heteroatoms. The lowest BCUT2D eigenvalue weighted by molar-refractivity contribution is -0.132. The largest absolute Gasteiger partial charge is 0.478 e. The van der Waals surface area contributed by atoms with E-state index in [0.717, 1.165) is 23.1 Å². The van der Waals surface area contributed by atoms with E-state index in [1.54, 1.807) is 6.08 Å². The van der Waals surface area contributed by atoms with Gasteiger partial charge in [0.05, 0.1) is 12.2 Å². The van der Waals surface area contributed by atoms with Gasteiger partial charge >= 0.3 is 5.97 Å². The number of carboxylic acids is 1. The normalized spacial score (nSPS) is 17.7. The first-order valence-corrected chi connectivity index (χ1v) is 26.3. The molecule has 0 aliphatic carbocycles. The van der Waals surface area contributed by atoms with E-state index in [2.05, 4.69) is 140 Å². The van der Waals surface area contributed by atoms with Crippen molar-refractivity contribution in [2.45, 2.75) is 182 Å². The molecule has 0 aliphatic heterocycles. The topological polar surface area (TPSA) is 65.0 Å². The highest BCUT2D eigenvalue weighted by atomic mass is 28.4. The molecule has 0 aliphatic rings. The van der Waals surface area contributed by atoms with Gasteiger partial charge in [-0.25, -0.2) is 4.79 Å². The van der Waals surface area contributed by atoms with Crippen molar-refractivity contribution < 1.29 is 23.2 Å². The standard InChI is InChI=1S/C39H74O5Si3/c1-21-33(36(40)41)26-31(4)25-29(2)23-22-24-30(3)27-34(43-46(17,18)38(9,10)11)35(44-47(19,20)39(12,13)14)28-32(5)42-45(15,16)37(6,7)8/h22-27,32,34-35H,21,28H2,1-20H3,(H,40,41)/t32-,34+,35+/m1/s1. The Morgan fingerprint density at radius 3 is 1.57 bits per heavy atom. The van der Waals surface area contributed by atoms with Crippen molar-refractivity contribution in [3.8, 4) is 0 Å². The summed E-state index contributed by atoms with van der Waals surface area (Å²) in [4.78, 5) is 11.4. The molecule has 0 rings (SSSR count). The summed E-state index contributed by atoms with van der Waals surface area (Å²) in [5, 5.41) is 9.60. The van der Waals surface area contributed by atoms with Crippen molar-refractivity contribution in [3.05, 3.63) is 58.7 Å². The van der Waals surface area contributed by atoms with Crippen molar-refractivity contribution >= 4 is 30.9 Å². The van der Waals surface area contributed by atoms with E-state index in [9.17, 15) is 9.90 Å². The van der Waals surface area contributed by atoms with E-state index in [-0.39, 0.29) is 33.4 Å². The number of allylic oxidation sites excluding steroid dienone is 8. The number of carboxylic acid groups (broad SMARTS) is 1. The van der Waals surface area contributed by atoms with Gasteiger partial charge < -0.3 is 18.4 Å². The van der Waals surface area contributed by atoms with Gasteiger partial charge in [0.15, 0.2) is 25.0 Å².